The molecule has 15 heavy (non-hydrogen) atoms. The van der Waals surface area contributed by atoms with Crippen molar-refractivity contribution in [3.63, 3.8) is 0 Å². The molecular formula is C11H13F2NO. The second-order valence-electron chi connectivity index (χ2n) is 3.08. The van der Waals surface area contributed by atoms with Crippen LogP contribution in [0.25, 0.3) is 0 Å². The molecule has 0 bridgehead atoms. The van der Waals surface area contributed by atoms with Crippen LogP contribution in [0.1, 0.15) is 18.0 Å². The van der Waals surface area contributed by atoms with Crippen molar-refractivity contribution in [1.29, 1.82) is 0 Å². The van der Waals surface area contributed by atoms with E-state index in [1.807, 2.05) is 0 Å². The van der Waals surface area contributed by atoms with Gasteiger partial charge in [-0.3, -0.25) is 0 Å². The standard InChI is InChI=1S/C11H13F2NO/c1-2-3-10(14)8-4-6-9(7-5-8)15-11(12)13/h2,4-7,10-11H,1,3,14H2. The summed E-state index contributed by atoms with van der Waals surface area (Å²) in [4.78, 5) is 0. The van der Waals surface area contributed by atoms with E-state index in [2.05, 4.69) is 11.3 Å². The van der Waals surface area contributed by atoms with Crippen molar-refractivity contribution >= 4 is 0 Å². The number of nitrogens with two attached hydrogens (primary N) is 1. The van der Waals surface area contributed by atoms with Crippen LogP contribution >= 0.6 is 0 Å². The van der Waals surface area contributed by atoms with E-state index in [9.17, 15) is 8.78 Å². The molecule has 1 unspecified atom stereocenters. The highest BCUT2D eigenvalue weighted by Crippen LogP contribution is 2.19. The molecule has 0 amide bonds. The molecule has 0 aliphatic carbocycles. The van der Waals surface area contributed by atoms with Gasteiger partial charge in [0.1, 0.15) is 5.75 Å². The normalized spacial score (nSPS) is 12.5. The third-order valence-corrected chi connectivity index (χ3v) is 1.95. The zero-order chi connectivity index (χ0) is 11.3. The van der Waals surface area contributed by atoms with E-state index < -0.39 is 6.61 Å². The summed E-state index contributed by atoms with van der Waals surface area (Å²) in [6.45, 7) is 0.785. The van der Waals surface area contributed by atoms with Crippen LogP contribution in [0.2, 0.25) is 0 Å². The number of alkyl halides is 2. The molecule has 2 N–H and O–H groups in total. The van der Waals surface area contributed by atoms with Gasteiger partial charge in [-0.2, -0.15) is 8.78 Å². The monoisotopic (exact) mass is 213 g/mol. The highest BCUT2D eigenvalue weighted by atomic mass is 19.3. The van der Waals surface area contributed by atoms with Gasteiger partial charge in [-0.05, 0) is 24.1 Å². The van der Waals surface area contributed by atoms with E-state index in [0.29, 0.717) is 6.42 Å². The lowest BCUT2D eigenvalue weighted by Crippen LogP contribution is -2.09. The maximum atomic E-state index is 11.8. The van der Waals surface area contributed by atoms with Gasteiger partial charge in [-0.1, -0.05) is 18.2 Å². The van der Waals surface area contributed by atoms with Gasteiger partial charge < -0.3 is 10.5 Å². The first kappa shape index (κ1) is 11.7. The van der Waals surface area contributed by atoms with Crippen LogP contribution in [0.3, 0.4) is 0 Å². The fourth-order valence-corrected chi connectivity index (χ4v) is 1.21. The molecule has 82 valence electrons. The van der Waals surface area contributed by atoms with Crippen molar-refractivity contribution in [3.05, 3.63) is 42.5 Å². The van der Waals surface area contributed by atoms with Crippen molar-refractivity contribution in [1.82, 2.24) is 0 Å². The highest BCUT2D eigenvalue weighted by Gasteiger charge is 2.06. The zero-order valence-electron chi connectivity index (χ0n) is 8.20. The quantitative estimate of drug-likeness (QED) is 0.763. The number of hydrogen-bond acceptors (Lipinski definition) is 2. The number of rotatable bonds is 5. The summed E-state index contributed by atoms with van der Waals surface area (Å²) in [7, 11) is 0. The van der Waals surface area contributed by atoms with Crippen molar-refractivity contribution in [2.75, 3.05) is 0 Å². The SMILES string of the molecule is C=CCC(N)c1ccc(OC(F)F)cc1. The number of benzene rings is 1. The summed E-state index contributed by atoms with van der Waals surface area (Å²) in [6, 6.07) is 6.15. The molecule has 0 heterocycles. The van der Waals surface area contributed by atoms with E-state index in [1.165, 1.54) is 12.1 Å². The van der Waals surface area contributed by atoms with Gasteiger partial charge in [-0.25, -0.2) is 0 Å². The van der Waals surface area contributed by atoms with Crippen molar-refractivity contribution in [3.8, 4) is 5.75 Å². The van der Waals surface area contributed by atoms with E-state index in [4.69, 9.17) is 5.73 Å². The topological polar surface area (TPSA) is 35.2 Å². The van der Waals surface area contributed by atoms with E-state index >= 15 is 0 Å². The molecule has 0 spiro atoms. The maximum absolute atomic E-state index is 11.8. The van der Waals surface area contributed by atoms with Crippen LogP contribution in [0.15, 0.2) is 36.9 Å². The number of hydrogen-bond donors (Lipinski definition) is 1. The Labute approximate surface area is 87.4 Å². The zero-order valence-corrected chi connectivity index (χ0v) is 8.20. The summed E-state index contributed by atoms with van der Waals surface area (Å²) in [5.74, 6) is 0.138. The summed E-state index contributed by atoms with van der Waals surface area (Å²) in [6.07, 6.45) is 2.36. The molecule has 1 atom stereocenters. The fourth-order valence-electron chi connectivity index (χ4n) is 1.21. The summed E-state index contributed by atoms with van der Waals surface area (Å²) < 4.78 is 27.9. The van der Waals surface area contributed by atoms with Crippen LogP contribution in [0, 0.1) is 0 Å². The van der Waals surface area contributed by atoms with Crippen LogP contribution in [-0.2, 0) is 0 Å². The van der Waals surface area contributed by atoms with Gasteiger partial charge in [0.2, 0.25) is 0 Å². The first-order valence-electron chi connectivity index (χ1n) is 4.54. The number of ether oxygens (including phenoxy) is 1. The molecule has 0 aliphatic rings. The van der Waals surface area contributed by atoms with Crippen molar-refractivity contribution in [2.24, 2.45) is 5.73 Å². The largest absolute Gasteiger partial charge is 0.435 e. The molecule has 1 rings (SSSR count). The third kappa shape index (κ3) is 3.67. The van der Waals surface area contributed by atoms with Gasteiger partial charge in [0.25, 0.3) is 0 Å². The highest BCUT2D eigenvalue weighted by molar-refractivity contribution is 5.29. The minimum Gasteiger partial charge on any atom is -0.435 e. The van der Waals surface area contributed by atoms with Gasteiger partial charge in [-0.15, -0.1) is 6.58 Å². The molecule has 1 aromatic carbocycles. The van der Waals surface area contributed by atoms with Gasteiger partial charge in [0, 0.05) is 6.04 Å². The lowest BCUT2D eigenvalue weighted by molar-refractivity contribution is -0.0498. The van der Waals surface area contributed by atoms with E-state index in [0.717, 1.165) is 5.56 Å². The Balaban J connectivity index is 2.67. The third-order valence-electron chi connectivity index (χ3n) is 1.95. The van der Waals surface area contributed by atoms with Gasteiger partial charge >= 0.3 is 6.61 Å². The lowest BCUT2D eigenvalue weighted by atomic mass is 10.1. The molecule has 0 radical (unpaired) electrons. The Hall–Kier alpha value is -1.42. The predicted octanol–water partition coefficient (Wildman–Crippen LogP) is 2.86. The second-order valence-corrected chi connectivity index (χ2v) is 3.08. The Morgan fingerprint density at radius 1 is 1.33 bits per heavy atom. The van der Waals surface area contributed by atoms with Gasteiger partial charge in [0.05, 0.1) is 0 Å². The second kappa shape index (κ2) is 5.46. The fraction of sp³-hybridized carbons (Fsp3) is 0.273. The number of halogens is 2. The van der Waals surface area contributed by atoms with Crippen LogP contribution < -0.4 is 10.5 Å². The minimum atomic E-state index is -2.79. The lowest BCUT2D eigenvalue weighted by Gasteiger charge is -2.10. The van der Waals surface area contributed by atoms with Crippen LogP contribution in [0.4, 0.5) is 8.78 Å². The van der Waals surface area contributed by atoms with Crippen LogP contribution in [-0.4, -0.2) is 6.61 Å². The molecule has 1 aromatic rings. The Morgan fingerprint density at radius 2 is 1.93 bits per heavy atom. The molecule has 2 nitrogen and oxygen atoms in total. The summed E-state index contributed by atoms with van der Waals surface area (Å²) in [5, 5.41) is 0. The van der Waals surface area contributed by atoms with Gasteiger partial charge in [0.15, 0.2) is 0 Å². The van der Waals surface area contributed by atoms with E-state index in [1.54, 1.807) is 18.2 Å². The Kier molecular flexibility index (Phi) is 4.24. The predicted molar refractivity (Wildman–Crippen MR) is 54.8 cm³/mol. The van der Waals surface area contributed by atoms with Crippen molar-refractivity contribution < 1.29 is 13.5 Å². The molecule has 0 aromatic heterocycles. The summed E-state index contributed by atoms with van der Waals surface area (Å²) >= 11 is 0. The average molecular weight is 213 g/mol. The maximum Gasteiger partial charge on any atom is 0.387 e. The van der Waals surface area contributed by atoms with Crippen LogP contribution in [0.5, 0.6) is 5.75 Å². The molecule has 0 fully saturated rings. The average Bonchev–Trinajstić information content (AvgIpc) is 2.18. The molecular weight excluding hydrogens is 200 g/mol. The van der Waals surface area contributed by atoms with E-state index in [-0.39, 0.29) is 11.8 Å². The molecule has 0 aliphatic heterocycles. The smallest absolute Gasteiger partial charge is 0.387 e. The van der Waals surface area contributed by atoms with Crippen molar-refractivity contribution in [2.45, 2.75) is 19.1 Å². The first-order chi connectivity index (χ1) is 7.13. The minimum absolute atomic E-state index is 0.138. The molecule has 0 saturated heterocycles. The molecule has 4 heteroatoms. The first-order valence-corrected chi connectivity index (χ1v) is 4.54. The summed E-state index contributed by atoms with van der Waals surface area (Å²) in [5.41, 5.74) is 6.67. The Bertz CT molecular complexity index is 311. The molecule has 0 saturated carbocycles. The Morgan fingerprint density at radius 3 is 2.40 bits per heavy atom.